The highest BCUT2D eigenvalue weighted by Gasteiger charge is 2.27. The molecule has 7 heteroatoms. The summed E-state index contributed by atoms with van der Waals surface area (Å²) in [6, 6.07) is 12.4. The molecule has 2 saturated heterocycles. The summed E-state index contributed by atoms with van der Waals surface area (Å²) in [5.41, 5.74) is 0.946. The van der Waals surface area contributed by atoms with Crippen molar-refractivity contribution in [2.75, 3.05) is 31.6 Å². The monoisotopic (exact) mass is 394 g/mol. The number of carbonyl (C=O) groups is 1. The van der Waals surface area contributed by atoms with Gasteiger partial charge in [0.1, 0.15) is 17.2 Å². The van der Waals surface area contributed by atoms with E-state index in [4.69, 9.17) is 9.15 Å². The van der Waals surface area contributed by atoms with Crippen molar-refractivity contribution in [2.45, 2.75) is 31.8 Å². The Kier molecular flexibility index (Phi) is 5.08. The molecule has 0 aliphatic carbocycles. The Morgan fingerprint density at radius 2 is 2.03 bits per heavy atom. The van der Waals surface area contributed by atoms with Gasteiger partial charge in [-0.25, -0.2) is 4.68 Å². The van der Waals surface area contributed by atoms with Crippen LogP contribution in [0.25, 0.3) is 11.0 Å². The summed E-state index contributed by atoms with van der Waals surface area (Å²) in [6.07, 6.45) is 4.55. The third-order valence-corrected chi connectivity index (χ3v) is 5.98. The van der Waals surface area contributed by atoms with Gasteiger partial charge in [-0.1, -0.05) is 18.2 Å². The average Bonchev–Trinajstić information content (AvgIpc) is 3.49. The molecule has 5 rings (SSSR count). The molecule has 0 unspecified atom stereocenters. The molecule has 4 heterocycles. The third-order valence-electron chi connectivity index (χ3n) is 5.98. The molecule has 2 aliphatic heterocycles. The molecule has 0 spiro atoms. The summed E-state index contributed by atoms with van der Waals surface area (Å²) in [4.78, 5) is 14.8. The van der Waals surface area contributed by atoms with E-state index in [9.17, 15) is 4.79 Å². The first kappa shape index (κ1) is 18.4. The SMILES string of the molecule is O=C(Nc1ccnn1C1CCN(Cc2cc3ccccc3o2)CC1)[C@@H]1CCOC1. The molecule has 0 saturated carbocycles. The van der Waals surface area contributed by atoms with Crippen molar-refractivity contribution in [3.8, 4) is 0 Å². The molecule has 1 N–H and O–H groups in total. The highest BCUT2D eigenvalue weighted by Crippen LogP contribution is 2.28. The average molecular weight is 394 g/mol. The maximum Gasteiger partial charge on any atom is 0.231 e. The van der Waals surface area contributed by atoms with E-state index in [0.717, 1.165) is 61.4 Å². The number of amides is 1. The summed E-state index contributed by atoms with van der Waals surface area (Å²) in [5.74, 6) is 1.78. The fourth-order valence-electron chi connectivity index (χ4n) is 4.33. The largest absolute Gasteiger partial charge is 0.460 e. The molecule has 2 aromatic heterocycles. The predicted molar refractivity (Wildman–Crippen MR) is 110 cm³/mol. The Morgan fingerprint density at radius 3 is 2.83 bits per heavy atom. The van der Waals surface area contributed by atoms with Gasteiger partial charge in [-0.2, -0.15) is 5.10 Å². The van der Waals surface area contributed by atoms with Gasteiger partial charge in [-0.3, -0.25) is 9.69 Å². The van der Waals surface area contributed by atoms with Crippen LogP contribution in [0.15, 0.2) is 47.0 Å². The highest BCUT2D eigenvalue weighted by atomic mass is 16.5. The fourth-order valence-corrected chi connectivity index (χ4v) is 4.33. The minimum atomic E-state index is -0.0518. The van der Waals surface area contributed by atoms with Crippen LogP contribution in [0.5, 0.6) is 0 Å². The number of piperidine rings is 1. The third kappa shape index (κ3) is 3.93. The molecule has 0 radical (unpaired) electrons. The zero-order chi connectivity index (χ0) is 19.6. The molecule has 0 bridgehead atoms. The summed E-state index contributed by atoms with van der Waals surface area (Å²) in [6.45, 7) is 3.96. The van der Waals surface area contributed by atoms with Crippen molar-refractivity contribution in [1.82, 2.24) is 14.7 Å². The second-order valence-corrected chi connectivity index (χ2v) is 7.97. The number of aromatic nitrogens is 2. The Balaban J connectivity index is 1.19. The molecule has 1 amide bonds. The first-order valence-corrected chi connectivity index (χ1v) is 10.4. The van der Waals surface area contributed by atoms with E-state index in [1.54, 1.807) is 6.20 Å². The van der Waals surface area contributed by atoms with Crippen LogP contribution in [0, 0.1) is 5.92 Å². The number of para-hydroxylation sites is 1. The van der Waals surface area contributed by atoms with E-state index in [-0.39, 0.29) is 11.8 Å². The van der Waals surface area contributed by atoms with Crippen LogP contribution < -0.4 is 5.32 Å². The van der Waals surface area contributed by atoms with Crippen molar-refractivity contribution in [3.63, 3.8) is 0 Å². The topological polar surface area (TPSA) is 72.5 Å². The maximum absolute atomic E-state index is 12.4. The first-order valence-electron chi connectivity index (χ1n) is 10.4. The zero-order valence-electron chi connectivity index (χ0n) is 16.4. The fraction of sp³-hybridized carbons (Fsp3) is 0.455. The van der Waals surface area contributed by atoms with Crippen LogP contribution in [0.2, 0.25) is 0 Å². The summed E-state index contributed by atoms with van der Waals surface area (Å²) in [7, 11) is 0. The molecule has 2 aliphatic rings. The van der Waals surface area contributed by atoms with Crippen LogP contribution in [0.3, 0.4) is 0 Å². The van der Waals surface area contributed by atoms with E-state index in [1.165, 1.54) is 0 Å². The molecule has 1 atom stereocenters. The van der Waals surface area contributed by atoms with Crippen molar-refractivity contribution >= 4 is 22.7 Å². The van der Waals surface area contributed by atoms with Crippen LogP contribution in [0.1, 0.15) is 31.1 Å². The number of nitrogens with zero attached hydrogens (tertiary/aromatic N) is 3. The van der Waals surface area contributed by atoms with Gasteiger partial charge in [-0.15, -0.1) is 0 Å². The second kappa shape index (κ2) is 8.00. The number of benzene rings is 1. The van der Waals surface area contributed by atoms with Gasteiger partial charge in [0.05, 0.1) is 31.3 Å². The standard InChI is InChI=1S/C22H26N4O3/c27-22(17-8-12-28-15-17)24-21-5-9-23-26(21)18-6-10-25(11-7-18)14-19-13-16-3-1-2-4-20(16)29-19/h1-5,9,13,17-18H,6-8,10-12,14-15H2,(H,24,27)/t17-/m1/s1. The van der Waals surface area contributed by atoms with E-state index in [2.05, 4.69) is 27.4 Å². The Morgan fingerprint density at radius 1 is 1.17 bits per heavy atom. The number of ether oxygens (including phenoxy) is 1. The molecular formula is C22H26N4O3. The van der Waals surface area contributed by atoms with Gasteiger partial charge < -0.3 is 14.5 Å². The number of fused-ring (bicyclic) bond motifs is 1. The molecule has 2 fully saturated rings. The van der Waals surface area contributed by atoms with Crippen molar-refractivity contribution in [2.24, 2.45) is 5.92 Å². The highest BCUT2D eigenvalue weighted by molar-refractivity contribution is 5.92. The number of rotatable bonds is 5. The number of furan rings is 1. The number of hydrogen-bond acceptors (Lipinski definition) is 5. The minimum Gasteiger partial charge on any atom is -0.460 e. The smallest absolute Gasteiger partial charge is 0.231 e. The van der Waals surface area contributed by atoms with Crippen LogP contribution >= 0.6 is 0 Å². The second-order valence-electron chi connectivity index (χ2n) is 7.97. The molecule has 29 heavy (non-hydrogen) atoms. The van der Waals surface area contributed by atoms with E-state index in [0.29, 0.717) is 19.3 Å². The molecule has 152 valence electrons. The van der Waals surface area contributed by atoms with Gasteiger partial charge in [0.15, 0.2) is 0 Å². The molecule has 7 nitrogen and oxygen atoms in total. The summed E-state index contributed by atoms with van der Waals surface area (Å²) >= 11 is 0. The lowest BCUT2D eigenvalue weighted by Crippen LogP contribution is -2.35. The van der Waals surface area contributed by atoms with Crippen molar-refractivity contribution < 1.29 is 13.9 Å². The predicted octanol–water partition coefficient (Wildman–Crippen LogP) is 3.44. The Hall–Kier alpha value is -2.64. The molecule has 3 aromatic rings. The van der Waals surface area contributed by atoms with E-state index < -0.39 is 0 Å². The van der Waals surface area contributed by atoms with Gasteiger partial charge in [0.2, 0.25) is 5.91 Å². The van der Waals surface area contributed by atoms with Crippen LogP contribution in [-0.4, -0.2) is 46.9 Å². The quantitative estimate of drug-likeness (QED) is 0.718. The first-order chi connectivity index (χ1) is 14.3. The van der Waals surface area contributed by atoms with Crippen LogP contribution in [-0.2, 0) is 16.1 Å². The number of likely N-dealkylation sites (tertiary alicyclic amines) is 1. The lowest BCUT2D eigenvalue weighted by molar-refractivity contribution is -0.119. The number of anilines is 1. The summed E-state index contributed by atoms with van der Waals surface area (Å²) in [5, 5.41) is 8.69. The van der Waals surface area contributed by atoms with Crippen molar-refractivity contribution in [1.29, 1.82) is 0 Å². The maximum atomic E-state index is 12.4. The summed E-state index contributed by atoms with van der Waals surface area (Å²) < 4.78 is 13.3. The van der Waals surface area contributed by atoms with Crippen LogP contribution in [0.4, 0.5) is 5.82 Å². The molecule has 1 aromatic carbocycles. The van der Waals surface area contributed by atoms with Gasteiger partial charge in [0, 0.05) is 31.1 Å². The number of hydrogen-bond donors (Lipinski definition) is 1. The van der Waals surface area contributed by atoms with E-state index >= 15 is 0 Å². The Labute approximate surface area is 169 Å². The minimum absolute atomic E-state index is 0.0339. The van der Waals surface area contributed by atoms with Gasteiger partial charge in [0.25, 0.3) is 0 Å². The zero-order valence-corrected chi connectivity index (χ0v) is 16.4. The van der Waals surface area contributed by atoms with E-state index in [1.807, 2.05) is 28.9 Å². The molecular weight excluding hydrogens is 368 g/mol. The Bertz CT molecular complexity index is 948. The van der Waals surface area contributed by atoms with Crippen molar-refractivity contribution in [3.05, 3.63) is 48.4 Å². The lowest BCUT2D eigenvalue weighted by atomic mass is 10.0. The van der Waals surface area contributed by atoms with Gasteiger partial charge in [-0.05, 0) is 31.4 Å². The lowest BCUT2D eigenvalue weighted by Gasteiger charge is -2.32. The normalized spacial score (nSPS) is 21.0. The number of carbonyl (C=O) groups excluding carboxylic acids is 1. The van der Waals surface area contributed by atoms with Gasteiger partial charge >= 0.3 is 0 Å². The number of nitrogens with one attached hydrogen (secondary N) is 1.